The molecular weight excluding hydrogens is 304 g/mol. The molecule has 3 nitrogen and oxygen atoms in total. The number of ether oxygens (including phenoxy) is 1. The second-order valence-electron chi connectivity index (χ2n) is 4.65. The predicted molar refractivity (Wildman–Crippen MR) is 78.2 cm³/mol. The number of aromatic nitrogens is 1. The molecule has 1 aromatic heterocycles. The molecule has 4 heteroatoms. The van der Waals surface area contributed by atoms with Gasteiger partial charge in [0.15, 0.2) is 0 Å². The molecule has 0 spiro atoms. The second kappa shape index (κ2) is 5.31. The van der Waals surface area contributed by atoms with Crippen molar-refractivity contribution < 1.29 is 4.74 Å². The Morgan fingerprint density at radius 2 is 2.26 bits per heavy atom. The highest BCUT2D eigenvalue weighted by Gasteiger charge is 2.28. The molecule has 2 heterocycles. The molecular formula is C15H15BrN2O. The lowest BCUT2D eigenvalue weighted by Crippen LogP contribution is -2.26. The third-order valence-corrected chi connectivity index (χ3v) is 3.97. The molecule has 0 saturated carbocycles. The van der Waals surface area contributed by atoms with Gasteiger partial charge in [-0.2, -0.15) is 0 Å². The molecule has 19 heavy (non-hydrogen) atoms. The lowest BCUT2D eigenvalue weighted by atomic mass is 9.94. The molecule has 0 radical (unpaired) electrons. The Balaban J connectivity index is 1.97. The highest BCUT2D eigenvalue weighted by atomic mass is 79.9. The summed E-state index contributed by atoms with van der Waals surface area (Å²) in [6, 6.07) is 10.5. The lowest BCUT2D eigenvalue weighted by Gasteiger charge is -2.32. The van der Waals surface area contributed by atoms with Crippen LogP contribution in [0.15, 0.2) is 47.2 Å². The van der Waals surface area contributed by atoms with E-state index in [1.807, 2.05) is 25.4 Å². The van der Waals surface area contributed by atoms with E-state index in [9.17, 15) is 0 Å². The van der Waals surface area contributed by atoms with Crippen LogP contribution in [0.5, 0.6) is 5.75 Å². The quantitative estimate of drug-likeness (QED) is 0.918. The Kier molecular flexibility index (Phi) is 3.53. The van der Waals surface area contributed by atoms with Crippen molar-refractivity contribution >= 4 is 15.9 Å². The van der Waals surface area contributed by atoms with Gasteiger partial charge in [-0.3, -0.25) is 4.98 Å². The summed E-state index contributed by atoms with van der Waals surface area (Å²) in [5.41, 5.74) is 2.33. The van der Waals surface area contributed by atoms with Gasteiger partial charge in [0.1, 0.15) is 11.9 Å². The van der Waals surface area contributed by atoms with Crippen molar-refractivity contribution in [3.63, 3.8) is 0 Å². The van der Waals surface area contributed by atoms with Gasteiger partial charge >= 0.3 is 0 Å². The number of hydrogen-bond donors (Lipinski definition) is 1. The van der Waals surface area contributed by atoms with E-state index in [0.29, 0.717) is 6.04 Å². The van der Waals surface area contributed by atoms with Crippen LogP contribution in [0.1, 0.15) is 29.7 Å². The first-order valence-corrected chi connectivity index (χ1v) is 7.10. The summed E-state index contributed by atoms with van der Waals surface area (Å²) < 4.78 is 7.16. The number of nitrogens with zero attached hydrogens (tertiary/aromatic N) is 1. The van der Waals surface area contributed by atoms with E-state index < -0.39 is 0 Å². The second-order valence-corrected chi connectivity index (χ2v) is 5.57. The Morgan fingerprint density at radius 1 is 1.37 bits per heavy atom. The number of rotatable bonds is 2. The molecule has 2 unspecified atom stereocenters. The lowest BCUT2D eigenvalue weighted by molar-refractivity contribution is 0.153. The molecule has 1 aliphatic rings. The molecule has 0 amide bonds. The van der Waals surface area contributed by atoms with Crippen molar-refractivity contribution in [2.24, 2.45) is 0 Å². The maximum Gasteiger partial charge on any atom is 0.127 e. The van der Waals surface area contributed by atoms with Gasteiger partial charge in [-0.05, 0) is 25.2 Å². The number of nitrogens with one attached hydrogen (secondary N) is 1. The molecule has 0 saturated heterocycles. The largest absolute Gasteiger partial charge is 0.485 e. The van der Waals surface area contributed by atoms with Gasteiger partial charge in [-0.1, -0.05) is 28.1 Å². The zero-order valence-corrected chi connectivity index (χ0v) is 12.2. The van der Waals surface area contributed by atoms with Gasteiger partial charge in [-0.15, -0.1) is 0 Å². The number of fused-ring (bicyclic) bond motifs is 1. The maximum absolute atomic E-state index is 6.12. The molecule has 1 N–H and O–H groups in total. The first-order valence-electron chi connectivity index (χ1n) is 6.31. The van der Waals surface area contributed by atoms with E-state index in [1.54, 1.807) is 6.20 Å². The van der Waals surface area contributed by atoms with E-state index in [-0.39, 0.29) is 6.10 Å². The molecule has 0 aliphatic carbocycles. The highest BCUT2D eigenvalue weighted by Crippen LogP contribution is 2.41. The molecule has 0 fully saturated rings. The number of hydrogen-bond acceptors (Lipinski definition) is 3. The van der Waals surface area contributed by atoms with Gasteiger partial charge in [-0.25, -0.2) is 0 Å². The van der Waals surface area contributed by atoms with E-state index >= 15 is 0 Å². The van der Waals surface area contributed by atoms with Crippen molar-refractivity contribution in [2.75, 3.05) is 7.05 Å². The predicted octanol–water partition coefficient (Wildman–Crippen LogP) is 3.63. The van der Waals surface area contributed by atoms with Crippen LogP contribution in [0.25, 0.3) is 0 Å². The van der Waals surface area contributed by atoms with E-state index in [1.165, 1.54) is 5.56 Å². The Morgan fingerprint density at radius 3 is 3.00 bits per heavy atom. The minimum atomic E-state index is 0.0490. The van der Waals surface area contributed by atoms with Crippen molar-refractivity contribution in [2.45, 2.75) is 18.6 Å². The normalized spacial score (nSPS) is 21.6. The van der Waals surface area contributed by atoms with Crippen molar-refractivity contribution in [1.82, 2.24) is 10.3 Å². The first-order chi connectivity index (χ1) is 9.28. The number of benzene rings is 1. The van der Waals surface area contributed by atoms with Crippen LogP contribution in [0.2, 0.25) is 0 Å². The summed E-state index contributed by atoms with van der Waals surface area (Å²) in [6.45, 7) is 0. The van der Waals surface area contributed by atoms with Crippen LogP contribution >= 0.6 is 15.9 Å². The van der Waals surface area contributed by atoms with E-state index in [2.05, 4.69) is 44.4 Å². The minimum Gasteiger partial charge on any atom is -0.485 e. The third-order valence-electron chi connectivity index (χ3n) is 3.47. The van der Waals surface area contributed by atoms with Gasteiger partial charge in [0.05, 0.1) is 0 Å². The zero-order chi connectivity index (χ0) is 13.2. The Bertz CT molecular complexity index is 574. The highest BCUT2D eigenvalue weighted by molar-refractivity contribution is 9.10. The summed E-state index contributed by atoms with van der Waals surface area (Å²) in [6.07, 6.45) is 4.62. The summed E-state index contributed by atoms with van der Waals surface area (Å²) in [7, 11) is 1.99. The Labute approximate surface area is 121 Å². The molecule has 3 rings (SSSR count). The summed E-state index contributed by atoms with van der Waals surface area (Å²) >= 11 is 3.50. The van der Waals surface area contributed by atoms with E-state index in [0.717, 1.165) is 22.2 Å². The van der Waals surface area contributed by atoms with Crippen LogP contribution < -0.4 is 10.1 Å². The van der Waals surface area contributed by atoms with E-state index in [4.69, 9.17) is 4.74 Å². The average Bonchev–Trinajstić information content (AvgIpc) is 2.46. The van der Waals surface area contributed by atoms with Crippen LogP contribution in [-0.4, -0.2) is 12.0 Å². The SMILES string of the molecule is CNC1CC(c2cccnc2)Oc2cc(Br)ccc21. The fraction of sp³-hybridized carbons (Fsp3) is 0.267. The third kappa shape index (κ3) is 2.51. The summed E-state index contributed by atoms with van der Waals surface area (Å²) in [4.78, 5) is 4.17. The molecule has 1 aliphatic heterocycles. The molecule has 0 bridgehead atoms. The standard InChI is InChI=1S/C15H15BrN2O/c1-17-13-8-14(10-3-2-6-18-9-10)19-15-7-11(16)4-5-12(13)15/h2-7,9,13-14,17H,8H2,1H3. The van der Waals surface area contributed by atoms with Crippen LogP contribution in [0.3, 0.4) is 0 Å². The van der Waals surface area contributed by atoms with Crippen molar-refractivity contribution in [1.29, 1.82) is 0 Å². The maximum atomic E-state index is 6.12. The zero-order valence-electron chi connectivity index (χ0n) is 10.6. The fourth-order valence-electron chi connectivity index (χ4n) is 2.48. The Hall–Kier alpha value is -1.39. The molecule has 2 atom stereocenters. The summed E-state index contributed by atoms with van der Waals surface area (Å²) in [5, 5.41) is 3.36. The van der Waals surface area contributed by atoms with Gasteiger partial charge in [0.25, 0.3) is 0 Å². The molecule has 2 aromatic rings. The number of pyridine rings is 1. The fourth-order valence-corrected chi connectivity index (χ4v) is 2.82. The minimum absolute atomic E-state index is 0.0490. The van der Waals surface area contributed by atoms with Crippen LogP contribution in [-0.2, 0) is 0 Å². The first kappa shape index (κ1) is 12.6. The van der Waals surface area contributed by atoms with Crippen LogP contribution in [0, 0.1) is 0 Å². The van der Waals surface area contributed by atoms with Crippen molar-refractivity contribution in [3.05, 3.63) is 58.3 Å². The van der Waals surface area contributed by atoms with Gasteiger partial charge < -0.3 is 10.1 Å². The molecule has 1 aromatic carbocycles. The summed E-state index contributed by atoms with van der Waals surface area (Å²) in [5.74, 6) is 0.939. The molecule has 98 valence electrons. The van der Waals surface area contributed by atoms with Crippen LogP contribution in [0.4, 0.5) is 0 Å². The average molecular weight is 319 g/mol. The van der Waals surface area contributed by atoms with Gasteiger partial charge in [0, 0.05) is 40.5 Å². The van der Waals surface area contributed by atoms with Crippen molar-refractivity contribution in [3.8, 4) is 5.75 Å². The number of halogens is 1. The topological polar surface area (TPSA) is 34.2 Å². The monoisotopic (exact) mass is 318 g/mol. The smallest absolute Gasteiger partial charge is 0.127 e. The van der Waals surface area contributed by atoms with Gasteiger partial charge in [0.2, 0.25) is 0 Å².